The van der Waals surface area contributed by atoms with Gasteiger partial charge < -0.3 is 16.0 Å². The first-order chi connectivity index (χ1) is 10.9. The second kappa shape index (κ2) is 8.89. The van der Waals surface area contributed by atoms with E-state index in [9.17, 15) is 22.8 Å². The molecule has 5 nitrogen and oxygen atoms in total. The number of hydrogen-bond acceptors (Lipinski definition) is 3. The Bertz CT molecular complexity index is 558. The molecule has 1 aromatic carbocycles. The highest BCUT2D eigenvalue weighted by atomic mass is 35.5. The highest BCUT2D eigenvalue weighted by Crippen LogP contribution is 2.28. The van der Waals surface area contributed by atoms with Crippen molar-refractivity contribution in [1.29, 1.82) is 0 Å². The molecule has 2 rings (SSSR count). The molecule has 0 saturated carbocycles. The van der Waals surface area contributed by atoms with Gasteiger partial charge in [0, 0.05) is 18.2 Å². The molecule has 24 heavy (non-hydrogen) atoms. The molecule has 134 valence electrons. The van der Waals surface area contributed by atoms with E-state index < -0.39 is 17.6 Å². The lowest BCUT2D eigenvalue weighted by molar-refractivity contribution is -0.137. The number of rotatable bonds is 4. The lowest BCUT2D eigenvalue weighted by Crippen LogP contribution is -2.48. The van der Waals surface area contributed by atoms with Crippen LogP contribution in [-0.4, -0.2) is 37.5 Å². The Morgan fingerprint density at radius 1 is 1.21 bits per heavy atom. The van der Waals surface area contributed by atoms with E-state index in [0.717, 1.165) is 43.7 Å². The second-order valence-electron chi connectivity index (χ2n) is 5.37. The van der Waals surface area contributed by atoms with Crippen LogP contribution in [0.3, 0.4) is 0 Å². The van der Waals surface area contributed by atoms with E-state index in [0.29, 0.717) is 6.54 Å². The summed E-state index contributed by atoms with van der Waals surface area (Å²) in [6.45, 7) is 1.41. The summed E-state index contributed by atoms with van der Waals surface area (Å²) in [7, 11) is 0. The number of nitrogens with one attached hydrogen (secondary N) is 3. The molecule has 1 atom stereocenters. The van der Waals surface area contributed by atoms with Gasteiger partial charge in [0.1, 0.15) is 0 Å². The van der Waals surface area contributed by atoms with Crippen LogP contribution in [0.2, 0.25) is 0 Å². The number of carbonyl (C=O) groups is 2. The standard InChI is InChI=1S/C15H18F3N3O2.ClH/c16-15(17,18)11-5-3-10(4-6-11)14(23)20-9-13(22)21-12-2-1-7-19-8-12;/h3-6,12,19H,1-2,7-9H2,(H,20,23)(H,21,22);1H/t12-;/m0./s1. The van der Waals surface area contributed by atoms with Crippen molar-refractivity contribution < 1.29 is 22.8 Å². The Morgan fingerprint density at radius 2 is 1.88 bits per heavy atom. The maximum Gasteiger partial charge on any atom is 0.416 e. The molecular weight excluding hydrogens is 347 g/mol. The molecule has 0 aromatic heterocycles. The fraction of sp³-hybridized carbons (Fsp3) is 0.467. The van der Waals surface area contributed by atoms with Gasteiger partial charge in [0.25, 0.3) is 5.91 Å². The summed E-state index contributed by atoms with van der Waals surface area (Å²) >= 11 is 0. The summed E-state index contributed by atoms with van der Waals surface area (Å²) in [5.74, 6) is -0.908. The zero-order chi connectivity index (χ0) is 16.9. The summed E-state index contributed by atoms with van der Waals surface area (Å²) in [4.78, 5) is 23.5. The lowest BCUT2D eigenvalue weighted by atomic mass is 10.1. The average Bonchev–Trinajstić information content (AvgIpc) is 2.53. The van der Waals surface area contributed by atoms with Crippen LogP contribution in [0, 0.1) is 0 Å². The Balaban J connectivity index is 0.00000288. The molecule has 3 N–H and O–H groups in total. The van der Waals surface area contributed by atoms with Gasteiger partial charge in [0.2, 0.25) is 5.91 Å². The smallest absolute Gasteiger partial charge is 0.351 e. The monoisotopic (exact) mass is 365 g/mol. The quantitative estimate of drug-likeness (QED) is 0.761. The third kappa shape index (κ3) is 6.01. The minimum atomic E-state index is -4.44. The van der Waals surface area contributed by atoms with Crippen molar-refractivity contribution in [2.24, 2.45) is 0 Å². The molecule has 1 saturated heterocycles. The van der Waals surface area contributed by atoms with Crippen LogP contribution >= 0.6 is 12.4 Å². The predicted octanol–water partition coefficient (Wildman–Crippen LogP) is 1.73. The average molecular weight is 366 g/mol. The molecule has 1 aliphatic heterocycles. The van der Waals surface area contributed by atoms with Crippen LogP contribution < -0.4 is 16.0 Å². The molecule has 1 heterocycles. The topological polar surface area (TPSA) is 70.2 Å². The number of hydrogen-bond donors (Lipinski definition) is 3. The Hall–Kier alpha value is -1.80. The summed E-state index contributed by atoms with van der Waals surface area (Å²) in [5, 5.41) is 8.34. The van der Waals surface area contributed by atoms with Crippen molar-refractivity contribution in [3.05, 3.63) is 35.4 Å². The molecule has 2 amide bonds. The normalized spacial score (nSPS) is 17.5. The number of piperidine rings is 1. The van der Waals surface area contributed by atoms with Crippen molar-refractivity contribution >= 4 is 24.2 Å². The van der Waals surface area contributed by atoms with Gasteiger partial charge in [-0.1, -0.05) is 0 Å². The largest absolute Gasteiger partial charge is 0.416 e. The first-order valence-corrected chi connectivity index (χ1v) is 7.32. The predicted molar refractivity (Wildman–Crippen MR) is 85.1 cm³/mol. The van der Waals surface area contributed by atoms with Crippen LogP contribution in [0.25, 0.3) is 0 Å². The molecule has 0 bridgehead atoms. The van der Waals surface area contributed by atoms with E-state index in [-0.39, 0.29) is 36.5 Å². The van der Waals surface area contributed by atoms with Gasteiger partial charge in [0.05, 0.1) is 12.1 Å². The molecule has 0 spiro atoms. The molecule has 1 aliphatic rings. The summed E-state index contributed by atoms with van der Waals surface area (Å²) < 4.78 is 37.3. The zero-order valence-electron chi connectivity index (χ0n) is 12.8. The number of halogens is 4. The van der Waals surface area contributed by atoms with E-state index in [4.69, 9.17) is 0 Å². The minimum Gasteiger partial charge on any atom is -0.351 e. The highest BCUT2D eigenvalue weighted by Gasteiger charge is 2.30. The van der Waals surface area contributed by atoms with E-state index in [1.807, 2.05) is 0 Å². The van der Waals surface area contributed by atoms with Crippen molar-refractivity contribution in [3.8, 4) is 0 Å². The molecule has 9 heteroatoms. The fourth-order valence-corrected chi connectivity index (χ4v) is 2.33. The summed E-state index contributed by atoms with van der Waals surface area (Å²) in [5.41, 5.74) is -0.748. The SMILES string of the molecule is Cl.O=C(CNC(=O)c1ccc(C(F)(F)F)cc1)N[C@H]1CCCNC1. The van der Waals surface area contributed by atoms with Gasteiger partial charge in [-0.3, -0.25) is 9.59 Å². The Labute approximate surface area is 143 Å². The summed E-state index contributed by atoms with van der Waals surface area (Å²) in [6.07, 6.45) is -2.59. The van der Waals surface area contributed by atoms with Crippen molar-refractivity contribution in [1.82, 2.24) is 16.0 Å². The van der Waals surface area contributed by atoms with Crippen molar-refractivity contribution in [2.75, 3.05) is 19.6 Å². The lowest BCUT2D eigenvalue weighted by Gasteiger charge is -2.23. The molecular formula is C15H19ClF3N3O2. The van der Waals surface area contributed by atoms with Crippen LogP contribution in [0.1, 0.15) is 28.8 Å². The first kappa shape index (κ1) is 20.2. The molecule has 0 aliphatic carbocycles. The molecule has 0 unspecified atom stereocenters. The first-order valence-electron chi connectivity index (χ1n) is 7.32. The van der Waals surface area contributed by atoms with Gasteiger partial charge in [-0.05, 0) is 43.7 Å². The van der Waals surface area contributed by atoms with Gasteiger partial charge in [-0.25, -0.2) is 0 Å². The number of carbonyl (C=O) groups excluding carboxylic acids is 2. The molecule has 1 aromatic rings. The minimum absolute atomic E-state index is 0. The second-order valence-corrected chi connectivity index (χ2v) is 5.37. The Kier molecular flexibility index (Phi) is 7.50. The van der Waals surface area contributed by atoms with Gasteiger partial charge in [0.15, 0.2) is 0 Å². The number of amides is 2. The van der Waals surface area contributed by atoms with Crippen LogP contribution in [0.4, 0.5) is 13.2 Å². The fourth-order valence-electron chi connectivity index (χ4n) is 2.33. The van der Waals surface area contributed by atoms with Crippen molar-refractivity contribution in [2.45, 2.75) is 25.1 Å². The van der Waals surface area contributed by atoms with E-state index in [1.54, 1.807) is 0 Å². The van der Waals surface area contributed by atoms with Crippen LogP contribution in [0.5, 0.6) is 0 Å². The third-order valence-corrected chi connectivity index (χ3v) is 3.55. The van der Waals surface area contributed by atoms with Crippen LogP contribution in [-0.2, 0) is 11.0 Å². The van der Waals surface area contributed by atoms with Gasteiger partial charge in [-0.2, -0.15) is 13.2 Å². The van der Waals surface area contributed by atoms with E-state index in [1.165, 1.54) is 0 Å². The van der Waals surface area contributed by atoms with E-state index >= 15 is 0 Å². The molecule has 1 fully saturated rings. The molecule has 0 radical (unpaired) electrons. The number of benzene rings is 1. The van der Waals surface area contributed by atoms with Crippen molar-refractivity contribution in [3.63, 3.8) is 0 Å². The third-order valence-electron chi connectivity index (χ3n) is 3.55. The van der Waals surface area contributed by atoms with Gasteiger partial charge in [-0.15, -0.1) is 12.4 Å². The van der Waals surface area contributed by atoms with Crippen LogP contribution in [0.15, 0.2) is 24.3 Å². The van der Waals surface area contributed by atoms with E-state index in [2.05, 4.69) is 16.0 Å². The number of alkyl halides is 3. The Morgan fingerprint density at radius 3 is 2.42 bits per heavy atom. The zero-order valence-corrected chi connectivity index (χ0v) is 13.6. The maximum absolute atomic E-state index is 12.4. The maximum atomic E-state index is 12.4. The summed E-state index contributed by atoms with van der Waals surface area (Å²) in [6, 6.07) is 3.88. The highest BCUT2D eigenvalue weighted by molar-refractivity contribution is 5.96. The van der Waals surface area contributed by atoms with Gasteiger partial charge >= 0.3 is 6.18 Å².